The Morgan fingerprint density at radius 1 is 1.37 bits per heavy atom. The van der Waals surface area contributed by atoms with Crippen molar-refractivity contribution >= 4 is 5.69 Å². The van der Waals surface area contributed by atoms with E-state index in [1.54, 1.807) is 12.1 Å². The van der Waals surface area contributed by atoms with Gasteiger partial charge in [0.05, 0.1) is 10.6 Å². The first-order valence-corrected chi connectivity index (χ1v) is 6.02. The van der Waals surface area contributed by atoms with E-state index >= 15 is 0 Å². The number of hydrogen-bond donors (Lipinski definition) is 2. The molecule has 0 fully saturated rings. The predicted molar refractivity (Wildman–Crippen MR) is 71.7 cm³/mol. The smallest absolute Gasteiger partial charge is 0.269 e. The Bertz CT molecular complexity index is 573. The third-order valence-electron chi connectivity index (χ3n) is 3.03. The van der Waals surface area contributed by atoms with Crippen LogP contribution in [0.4, 0.5) is 5.69 Å². The topological polar surface area (TPSA) is 83.8 Å². The monoisotopic (exact) mass is 260 g/mol. The Morgan fingerprint density at radius 3 is 2.79 bits per heavy atom. The van der Waals surface area contributed by atoms with Crippen LogP contribution >= 0.6 is 0 Å². The van der Waals surface area contributed by atoms with E-state index in [9.17, 15) is 10.1 Å². The highest BCUT2D eigenvalue weighted by Gasteiger charge is 2.07. The van der Waals surface area contributed by atoms with Crippen LogP contribution < -0.4 is 5.32 Å². The molecule has 2 aromatic rings. The van der Waals surface area contributed by atoms with Gasteiger partial charge in [-0.3, -0.25) is 15.2 Å². The number of hydrogen-bond acceptors (Lipinski definition) is 4. The van der Waals surface area contributed by atoms with E-state index in [-0.39, 0.29) is 10.6 Å². The first-order chi connectivity index (χ1) is 9.08. The molecular weight excluding hydrogens is 244 g/mol. The lowest BCUT2D eigenvalue weighted by Gasteiger charge is -2.05. The van der Waals surface area contributed by atoms with Gasteiger partial charge in [-0.15, -0.1) is 0 Å². The third kappa shape index (κ3) is 3.17. The predicted octanol–water partition coefficient (Wildman–Crippen LogP) is 2.22. The van der Waals surface area contributed by atoms with Gasteiger partial charge in [-0.05, 0) is 19.4 Å². The van der Waals surface area contributed by atoms with Crippen LogP contribution in [0.1, 0.15) is 22.5 Å². The van der Waals surface area contributed by atoms with Gasteiger partial charge in [0.15, 0.2) is 0 Å². The van der Waals surface area contributed by atoms with Crippen molar-refractivity contribution in [3.8, 4) is 0 Å². The molecular formula is C13H16N4O2. The minimum Gasteiger partial charge on any atom is -0.308 e. The molecule has 0 aliphatic heterocycles. The second-order valence-corrected chi connectivity index (χ2v) is 4.44. The molecule has 0 saturated heterocycles. The fourth-order valence-corrected chi connectivity index (χ4v) is 1.95. The number of non-ortho nitro benzene ring substituents is 1. The van der Waals surface area contributed by atoms with Crippen molar-refractivity contribution in [3.05, 3.63) is 56.9 Å². The molecule has 0 amide bonds. The van der Waals surface area contributed by atoms with Gasteiger partial charge < -0.3 is 5.32 Å². The van der Waals surface area contributed by atoms with Crippen molar-refractivity contribution in [3.63, 3.8) is 0 Å². The van der Waals surface area contributed by atoms with Gasteiger partial charge >= 0.3 is 0 Å². The first kappa shape index (κ1) is 13.2. The molecule has 2 rings (SSSR count). The number of aromatic amines is 1. The van der Waals surface area contributed by atoms with Crippen molar-refractivity contribution in [2.75, 3.05) is 0 Å². The van der Waals surface area contributed by atoms with E-state index in [2.05, 4.69) is 15.5 Å². The minimum atomic E-state index is -0.381. The number of aromatic nitrogens is 2. The van der Waals surface area contributed by atoms with Crippen molar-refractivity contribution in [2.45, 2.75) is 26.9 Å². The maximum Gasteiger partial charge on any atom is 0.269 e. The van der Waals surface area contributed by atoms with Gasteiger partial charge in [-0.2, -0.15) is 5.10 Å². The molecule has 100 valence electrons. The van der Waals surface area contributed by atoms with Crippen molar-refractivity contribution < 1.29 is 4.92 Å². The molecule has 0 saturated carbocycles. The van der Waals surface area contributed by atoms with E-state index in [0.717, 1.165) is 22.5 Å². The highest BCUT2D eigenvalue weighted by atomic mass is 16.6. The van der Waals surface area contributed by atoms with E-state index in [4.69, 9.17) is 0 Å². The van der Waals surface area contributed by atoms with Crippen molar-refractivity contribution in [2.24, 2.45) is 0 Å². The Labute approximate surface area is 111 Å². The SMILES string of the molecule is Cc1n[nH]c(C)c1CNCc1cccc([N+](=O)[O-])c1. The number of H-pyrrole nitrogens is 1. The minimum absolute atomic E-state index is 0.120. The summed E-state index contributed by atoms with van der Waals surface area (Å²) in [5, 5.41) is 21.0. The second-order valence-electron chi connectivity index (χ2n) is 4.44. The largest absolute Gasteiger partial charge is 0.308 e. The molecule has 19 heavy (non-hydrogen) atoms. The van der Waals surface area contributed by atoms with Crippen molar-refractivity contribution in [1.82, 2.24) is 15.5 Å². The Morgan fingerprint density at radius 2 is 2.16 bits per heavy atom. The molecule has 2 N–H and O–H groups in total. The molecule has 0 spiro atoms. The molecule has 0 radical (unpaired) electrons. The van der Waals surface area contributed by atoms with Gasteiger partial charge in [0.25, 0.3) is 5.69 Å². The van der Waals surface area contributed by atoms with E-state index < -0.39 is 0 Å². The molecule has 1 aromatic heterocycles. The van der Waals surface area contributed by atoms with E-state index in [1.807, 2.05) is 19.9 Å². The Hall–Kier alpha value is -2.21. The van der Waals surface area contributed by atoms with Crippen LogP contribution in [0.2, 0.25) is 0 Å². The fraction of sp³-hybridized carbons (Fsp3) is 0.308. The molecule has 0 unspecified atom stereocenters. The number of aryl methyl sites for hydroxylation is 2. The van der Waals surface area contributed by atoms with Crippen LogP contribution in [-0.4, -0.2) is 15.1 Å². The zero-order chi connectivity index (χ0) is 13.8. The van der Waals surface area contributed by atoms with Gasteiger partial charge in [-0.1, -0.05) is 12.1 Å². The second kappa shape index (κ2) is 5.62. The Kier molecular flexibility index (Phi) is 3.91. The van der Waals surface area contributed by atoms with Crippen LogP contribution in [0.15, 0.2) is 24.3 Å². The summed E-state index contributed by atoms with van der Waals surface area (Å²) in [4.78, 5) is 10.3. The summed E-state index contributed by atoms with van der Waals surface area (Å²) < 4.78 is 0. The average molecular weight is 260 g/mol. The number of nitrogens with one attached hydrogen (secondary N) is 2. The molecule has 6 heteroatoms. The van der Waals surface area contributed by atoms with Crippen LogP contribution in [0.25, 0.3) is 0 Å². The number of nitrogens with zero attached hydrogens (tertiary/aromatic N) is 2. The quantitative estimate of drug-likeness (QED) is 0.637. The van der Waals surface area contributed by atoms with Crippen LogP contribution in [0.5, 0.6) is 0 Å². The van der Waals surface area contributed by atoms with Gasteiger partial charge in [-0.25, -0.2) is 0 Å². The summed E-state index contributed by atoms with van der Waals surface area (Å²) in [6.07, 6.45) is 0. The van der Waals surface area contributed by atoms with Crippen LogP contribution in [0, 0.1) is 24.0 Å². The van der Waals surface area contributed by atoms with Gasteiger partial charge in [0.2, 0.25) is 0 Å². The van der Waals surface area contributed by atoms with Gasteiger partial charge in [0.1, 0.15) is 0 Å². The summed E-state index contributed by atoms with van der Waals surface area (Å²) in [7, 11) is 0. The molecule has 6 nitrogen and oxygen atoms in total. The highest BCUT2D eigenvalue weighted by molar-refractivity contribution is 5.34. The summed E-state index contributed by atoms with van der Waals surface area (Å²) in [6, 6.07) is 6.65. The molecule has 0 aliphatic carbocycles. The van der Waals surface area contributed by atoms with Crippen molar-refractivity contribution in [1.29, 1.82) is 0 Å². The lowest BCUT2D eigenvalue weighted by molar-refractivity contribution is -0.384. The average Bonchev–Trinajstić information content (AvgIpc) is 2.71. The lowest BCUT2D eigenvalue weighted by Crippen LogP contribution is -2.13. The standard InChI is InChI=1S/C13H16N4O2/c1-9-13(10(2)16-15-9)8-14-7-11-4-3-5-12(6-11)17(18)19/h3-6,14H,7-8H2,1-2H3,(H,15,16). The summed E-state index contributed by atoms with van der Waals surface area (Å²) in [5.41, 5.74) is 4.18. The molecule has 1 heterocycles. The van der Waals surface area contributed by atoms with E-state index in [0.29, 0.717) is 13.1 Å². The number of nitro groups is 1. The molecule has 0 bridgehead atoms. The number of rotatable bonds is 5. The fourth-order valence-electron chi connectivity index (χ4n) is 1.95. The van der Waals surface area contributed by atoms with E-state index in [1.165, 1.54) is 6.07 Å². The molecule has 0 aliphatic rings. The lowest BCUT2D eigenvalue weighted by atomic mass is 10.1. The number of nitro benzene ring substituents is 1. The Balaban J connectivity index is 1.96. The summed E-state index contributed by atoms with van der Waals surface area (Å²) in [6.45, 7) is 5.21. The van der Waals surface area contributed by atoms with Gasteiger partial charge in [0, 0.05) is 36.5 Å². The summed E-state index contributed by atoms with van der Waals surface area (Å²) in [5.74, 6) is 0. The normalized spacial score (nSPS) is 10.6. The highest BCUT2D eigenvalue weighted by Crippen LogP contribution is 2.13. The summed E-state index contributed by atoms with van der Waals surface area (Å²) >= 11 is 0. The maximum absolute atomic E-state index is 10.7. The molecule has 0 atom stereocenters. The van der Waals surface area contributed by atoms with Crippen LogP contribution in [0.3, 0.4) is 0 Å². The first-order valence-electron chi connectivity index (χ1n) is 6.02. The maximum atomic E-state index is 10.7. The molecule has 1 aromatic carbocycles. The van der Waals surface area contributed by atoms with Crippen LogP contribution in [-0.2, 0) is 13.1 Å². The third-order valence-corrected chi connectivity index (χ3v) is 3.03. The zero-order valence-corrected chi connectivity index (χ0v) is 10.9. The zero-order valence-electron chi connectivity index (χ0n) is 10.9. The number of benzene rings is 1.